The van der Waals surface area contributed by atoms with E-state index in [4.69, 9.17) is 4.42 Å². The number of halogens is 1. The standard InChI is InChI=1S/C9H9N3O.ClH/c1-10-9-12-11-8(13-9)7-5-3-2-4-6-7;/h2-6H,1H3,(H,10,12);1H. The second kappa shape index (κ2) is 4.62. The molecule has 5 heteroatoms. The lowest BCUT2D eigenvalue weighted by Crippen LogP contribution is -1.85. The summed E-state index contributed by atoms with van der Waals surface area (Å²) in [6.07, 6.45) is 0. The van der Waals surface area contributed by atoms with Crippen LogP contribution in [0.4, 0.5) is 6.01 Å². The molecule has 2 aromatic rings. The van der Waals surface area contributed by atoms with Crippen LogP contribution in [0.1, 0.15) is 0 Å². The molecule has 0 aliphatic rings. The summed E-state index contributed by atoms with van der Waals surface area (Å²) in [4.78, 5) is 0. The summed E-state index contributed by atoms with van der Waals surface area (Å²) in [5.41, 5.74) is 0.927. The molecular formula is C9H10ClN3O. The fourth-order valence-electron chi connectivity index (χ4n) is 1.02. The third kappa shape index (κ3) is 2.03. The summed E-state index contributed by atoms with van der Waals surface area (Å²) in [6, 6.07) is 10.1. The lowest BCUT2D eigenvalue weighted by molar-refractivity contribution is 0.585. The Morgan fingerprint density at radius 2 is 1.86 bits per heavy atom. The van der Waals surface area contributed by atoms with Gasteiger partial charge in [-0.25, -0.2) is 0 Å². The minimum Gasteiger partial charge on any atom is -0.403 e. The van der Waals surface area contributed by atoms with E-state index in [0.29, 0.717) is 11.9 Å². The second-order valence-corrected chi connectivity index (χ2v) is 2.53. The van der Waals surface area contributed by atoms with Gasteiger partial charge < -0.3 is 9.73 Å². The smallest absolute Gasteiger partial charge is 0.315 e. The van der Waals surface area contributed by atoms with Crippen LogP contribution in [-0.4, -0.2) is 17.2 Å². The van der Waals surface area contributed by atoms with Gasteiger partial charge in [0.15, 0.2) is 0 Å². The monoisotopic (exact) mass is 211 g/mol. The third-order valence-corrected chi connectivity index (χ3v) is 1.66. The van der Waals surface area contributed by atoms with Gasteiger partial charge in [0.1, 0.15) is 0 Å². The molecule has 0 aliphatic heterocycles. The van der Waals surface area contributed by atoms with Crippen molar-refractivity contribution in [3.63, 3.8) is 0 Å². The average molecular weight is 212 g/mol. The van der Waals surface area contributed by atoms with Gasteiger partial charge in [-0.3, -0.25) is 0 Å². The number of anilines is 1. The predicted molar refractivity (Wildman–Crippen MR) is 56.5 cm³/mol. The van der Waals surface area contributed by atoms with E-state index < -0.39 is 0 Å². The van der Waals surface area contributed by atoms with E-state index >= 15 is 0 Å². The Kier molecular flexibility index (Phi) is 3.48. The Morgan fingerprint density at radius 1 is 1.14 bits per heavy atom. The van der Waals surface area contributed by atoms with Crippen molar-refractivity contribution in [2.75, 3.05) is 12.4 Å². The molecule has 0 amide bonds. The zero-order valence-corrected chi connectivity index (χ0v) is 8.41. The largest absolute Gasteiger partial charge is 0.403 e. The van der Waals surface area contributed by atoms with Crippen molar-refractivity contribution >= 4 is 18.4 Å². The summed E-state index contributed by atoms with van der Waals surface area (Å²) < 4.78 is 5.29. The molecule has 1 aromatic heterocycles. The minimum atomic E-state index is 0. The first-order chi connectivity index (χ1) is 6.40. The molecule has 0 unspecified atom stereocenters. The quantitative estimate of drug-likeness (QED) is 0.828. The van der Waals surface area contributed by atoms with Crippen LogP contribution in [0.15, 0.2) is 34.7 Å². The Balaban J connectivity index is 0.000000980. The van der Waals surface area contributed by atoms with Gasteiger partial charge in [0.05, 0.1) is 0 Å². The van der Waals surface area contributed by atoms with Gasteiger partial charge in [0.25, 0.3) is 0 Å². The van der Waals surface area contributed by atoms with Gasteiger partial charge in [-0.15, -0.1) is 17.5 Å². The number of hydrogen-bond donors (Lipinski definition) is 1. The van der Waals surface area contributed by atoms with Crippen molar-refractivity contribution in [3.8, 4) is 11.5 Å². The molecule has 14 heavy (non-hydrogen) atoms. The van der Waals surface area contributed by atoms with Crippen molar-refractivity contribution in [1.82, 2.24) is 10.2 Å². The highest BCUT2D eigenvalue weighted by atomic mass is 35.5. The average Bonchev–Trinajstić information content (AvgIpc) is 2.67. The molecule has 0 saturated carbocycles. The van der Waals surface area contributed by atoms with E-state index in [1.165, 1.54) is 0 Å². The van der Waals surface area contributed by atoms with Crippen molar-refractivity contribution in [3.05, 3.63) is 30.3 Å². The number of rotatable bonds is 2. The molecule has 74 valence electrons. The van der Waals surface area contributed by atoms with Gasteiger partial charge in [-0.2, -0.15) is 0 Å². The van der Waals surface area contributed by atoms with Crippen molar-refractivity contribution in [1.29, 1.82) is 0 Å². The predicted octanol–water partition coefficient (Wildman–Crippen LogP) is 2.20. The topological polar surface area (TPSA) is 51.0 Å². The van der Waals surface area contributed by atoms with Crippen molar-refractivity contribution in [2.45, 2.75) is 0 Å². The molecule has 2 rings (SSSR count). The van der Waals surface area contributed by atoms with Crippen molar-refractivity contribution < 1.29 is 4.42 Å². The SMILES string of the molecule is CNc1nnc(-c2ccccc2)o1.Cl. The maximum atomic E-state index is 5.29. The number of hydrogen-bond acceptors (Lipinski definition) is 4. The van der Waals surface area contributed by atoms with Gasteiger partial charge in [0, 0.05) is 12.6 Å². The molecule has 1 N–H and O–H groups in total. The van der Waals surface area contributed by atoms with E-state index in [1.54, 1.807) is 7.05 Å². The lowest BCUT2D eigenvalue weighted by atomic mass is 10.2. The fraction of sp³-hybridized carbons (Fsp3) is 0.111. The first-order valence-electron chi connectivity index (χ1n) is 3.97. The zero-order valence-electron chi connectivity index (χ0n) is 7.60. The normalized spacial score (nSPS) is 9.21. The van der Waals surface area contributed by atoms with Crippen LogP contribution in [0.25, 0.3) is 11.5 Å². The van der Waals surface area contributed by atoms with Crippen LogP contribution in [0.2, 0.25) is 0 Å². The molecule has 0 bridgehead atoms. The van der Waals surface area contributed by atoms with Gasteiger partial charge in [0.2, 0.25) is 5.89 Å². The Bertz CT molecular complexity index is 388. The molecule has 1 aromatic carbocycles. The van der Waals surface area contributed by atoms with Crippen molar-refractivity contribution in [2.24, 2.45) is 0 Å². The molecule has 1 heterocycles. The summed E-state index contributed by atoms with van der Waals surface area (Å²) >= 11 is 0. The van der Waals surface area contributed by atoms with E-state index in [9.17, 15) is 0 Å². The molecule has 0 fully saturated rings. The molecular weight excluding hydrogens is 202 g/mol. The first-order valence-corrected chi connectivity index (χ1v) is 3.97. The molecule has 0 saturated heterocycles. The lowest BCUT2D eigenvalue weighted by Gasteiger charge is -1.91. The highest BCUT2D eigenvalue weighted by molar-refractivity contribution is 5.85. The maximum Gasteiger partial charge on any atom is 0.315 e. The highest BCUT2D eigenvalue weighted by Crippen LogP contribution is 2.18. The van der Waals surface area contributed by atoms with E-state index in [0.717, 1.165) is 5.56 Å². The Labute approximate surface area is 87.8 Å². The van der Waals surface area contributed by atoms with Crippen LogP contribution < -0.4 is 5.32 Å². The maximum absolute atomic E-state index is 5.29. The van der Waals surface area contributed by atoms with Crippen LogP contribution in [-0.2, 0) is 0 Å². The second-order valence-electron chi connectivity index (χ2n) is 2.53. The molecule has 0 aliphatic carbocycles. The zero-order chi connectivity index (χ0) is 9.10. The van der Waals surface area contributed by atoms with E-state index in [2.05, 4.69) is 15.5 Å². The summed E-state index contributed by atoms with van der Waals surface area (Å²) in [5, 5.41) is 10.4. The number of nitrogens with zero attached hydrogens (tertiary/aromatic N) is 2. The molecule has 0 radical (unpaired) electrons. The minimum absolute atomic E-state index is 0. The van der Waals surface area contributed by atoms with Crippen LogP contribution >= 0.6 is 12.4 Å². The Hall–Kier alpha value is -1.55. The highest BCUT2D eigenvalue weighted by Gasteiger charge is 2.05. The molecule has 4 nitrogen and oxygen atoms in total. The van der Waals surface area contributed by atoms with E-state index in [1.807, 2.05) is 30.3 Å². The van der Waals surface area contributed by atoms with E-state index in [-0.39, 0.29) is 12.4 Å². The van der Waals surface area contributed by atoms with Crippen LogP contribution in [0.3, 0.4) is 0 Å². The van der Waals surface area contributed by atoms with Crippen LogP contribution in [0, 0.1) is 0 Å². The summed E-state index contributed by atoms with van der Waals surface area (Å²) in [6.45, 7) is 0. The third-order valence-electron chi connectivity index (χ3n) is 1.66. The molecule has 0 atom stereocenters. The van der Waals surface area contributed by atoms with Gasteiger partial charge in [-0.1, -0.05) is 23.3 Å². The van der Waals surface area contributed by atoms with Gasteiger partial charge >= 0.3 is 6.01 Å². The fourth-order valence-corrected chi connectivity index (χ4v) is 1.02. The number of benzene rings is 1. The first kappa shape index (κ1) is 10.5. The van der Waals surface area contributed by atoms with Gasteiger partial charge in [-0.05, 0) is 12.1 Å². The Morgan fingerprint density at radius 3 is 2.43 bits per heavy atom. The number of nitrogens with one attached hydrogen (secondary N) is 1. The molecule has 0 spiro atoms. The summed E-state index contributed by atoms with van der Waals surface area (Å²) in [7, 11) is 1.74. The number of aromatic nitrogens is 2. The summed E-state index contributed by atoms with van der Waals surface area (Å²) in [5.74, 6) is 0.532. The van der Waals surface area contributed by atoms with Crippen LogP contribution in [0.5, 0.6) is 0 Å².